The Hall–Kier alpha value is -3.61. The summed E-state index contributed by atoms with van der Waals surface area (Å²) < 4.78 is 11.0. The van der Waals surface area contributed by atoms with E-state index in [0.717, 1.165) is 44.6 Å². The third kappa shape index (κ3) is 4.94. The van der Waals surface area contributed by atoms with Gasteiger partial charge in [0.25, 0.3) is 5.91 Å². The fourth-order valence-corrected chi connectivity index (χ4v) is 6.35. The molecule has 4 bridgehead atoms. The number of likely N-dealkylation sites (N-methyl/N-ethyl adjacent to an activating group) is 1. The molecule has 0 saturated heterocycles. The lowest BCUT2D eigenvalue weighted by molar-refractivity contribution is -0.385. The summed E-state index contributed by atoms with van der Waals surface area (Å²) in [6.45, 7) is 4.30. The van der Waals surface area contributed by atoms with Gasteiger partial charge < -0.3 is 19.5 Å². The van der Waals surface area contributed by atoms with Crippen molar-refractivity contribution < 1.29 is 29.1 Å². The normalized spacial score (nSPS) is 26.7. The summed E-state index contributed by atoms with van der Waals surface area (Å²) in [4.78, 5) is 37.4. The number of phenolic OH excluding ortho intramolecular Hbond substituents is 1. The topological polar surface area (TPSA) is 143 Å². The van der Waals surface area contributed by atoms with E-state index in [4.69, 9.17) is 9.47 Å². The number of nitro groups is 1. The molecule has 10 nitrogen and oxygen atoms in total. The molecule has 0 heterocycles. The molecule has 5 rings (SSSR count). The Morgan fingerprint density at radius 1 is 1.20 bits per heavy atom. The molecule has 35 heavy (non-hydrogen) atoms. The van der Waals surface area contributed by atoms with Crippen molar-refractivity contribution in [2.24, 2.45) is 17.8 Å². The van der Waals surface area contributed by atoms with Gasteiger partial charge in [-0.1, -0.05) is 0 Å². The van der Waals surface area contributed by atoms with Crippen molar-refractivity contribution in [1.29, 1.82) is 5.26 Å². The second kappa shape index (κ2) is 9.56. The number of aromatic hydroxyl groups is 1. The van der Waals surface area contributed by atoms with Gasteiger partial charge in [0, 0.05) is 19.2 Å². The zero-order valence-corrected chi connectivity index (χ0v) is 19.9. The van der Waals surface area contributed by atoms with Gasteiger partial charge >= 0.3 is 11.8 Å². The van der Waals surface area contributed by atoms with Gasteiger partial charge in [0.05, 0.1) is 4.92 Å². The van der Waals surface area contributed by atoms with E-state index in [1.807, 2.05) is 6.07 Å². The lowest BCUT2D eigenvalue weighted by Gasteiger charge is -2.55. The van der Waals surface area contributed by atoms with Crippen molar-refractivity contribution in [2.75, 3.05) is 13.1 Å². The predicted molar refractivity (Wildman–Crippen MR) is 124 cm³/mol. The van der Waals surface area contributed by atoms with E-state index < -0.39 is 39.8 Å². The van der Waals surface area contributed by atoms with Gasteiger partial charge in [0.2, 0.25) is 5.75 Å². The molecule has 4 aliphatic rings. The highest BCUT2D eigenvalue weighted by atomic mass is 16.7. The number of hydrogen-bond donors (Lipinski definition) is 1. The molecular weight excluding hydrogens is 454 g/mol. The van der Waals surface area contributed by atoms with Crippen molar-refractivity contribution >= 4 is 23.8 Å². The van der Waals surface area contributed by atoms with Gasteiger partial charge in [-0.3, -0.25) is 14.9 Å². The lowest BCUT2D eigenvalue weighted by Crippen LogP contribution is -2.53. The van der Waals surface area contributed by atoms with E-state index in [0.29, 0.717) is 30.8 Å². The van der Waals surface area contributed by atoms with Gasteiger partial charge in [0.15, 0.2) is 5.75 Å². The van der Waals surface area contributed by atoms with E-state index in [-0.39, 0.29) is 11.1 Å². The Labute approximate surface area is 203 Å². The third-order valence-electron chi connectivity index (χ3n) is 7.46. The molecule has 1 N–H and O–H groups in total. The highest BCUT2D eigenvalue weighted by Crippen LogP contribution is 2.57. The molecule has 1 amide bonds. The Bertz CT molecular complexity index is 1080. The van der Waals surface area contributed by atoms with Gasteiger partial charge in [-0.15, -0.1) is 0 Å². The van der Waals surface area contributed by atoms with Crippen LogP contribution >= 0.6 is 0 Å². The molecule has 0 atom stereocenters. The van der Waals surface area contributed by atoms with Gasteiger partial charge in [-0.2, -0.15) is 5.26 Å². The van der Waals surface area contributed by atoms with Gasteiger partial charge in [0.1, 0.15) is 17.2 Å². The average molecular weight is 484 g/mol. The molecule has 0 radical (unpaired) electrons. The quantitative estimate of drug-likeness (QED) is 0.148. The summed E-state index contributed by atoms with van der Waals surface area (Å²) in [5, 5.41) is 31.4. The van der Waals surface area contributed by atoms with Crippen molar-refractivity contribution in [3.8, 4) is 17.6 Å². The predicted octanol–water partition coefficient (Wildman–Crippen LogP) is 4.56. The number of benzene rings is 1. The van der Waals surface area contributed by atoms with Crippen LogP contribution in [0.1, 0.15) is 57.9 Å². The number of carbonyl (C=O) groups excluding carboxylic acids is 2. The number of phenols is 1. The molecule has 0 aromatic heterocycles. The number of ether oxygens (including phenoxy) is 2. The summed E-state index contributed by atoms with van der Waals surface area (Å²) in [5.74, 6) is -0.230. The molecule has 0 unspecified atom stereocenters. The molecular formula is C25H29N3O7. The second-order valence-electron chi connectivity index (χ2n) is 9.85. The van der Waals surface area contributed by atoms with Crippen LogP contribution < -0.4 is 4.74 Å². The Balaban J connectivity index is 1.59. The first-order chi connectivity index (χ1) is 16.7. The molecule has 4 fully saturated rings. The van der Waals surface area contributed by atoms with Crippen molar-refractivity contribution in [2.45, 2.75) is 58.0 Å². The fraction of sp³-hybridized carbons (Fsp3) is 0.560. The Morgan fingerprint density at radius 3 is 2.26 bits per heavy atom. The molecule has 4 saturated carbocycles. The highest BCUT2D eigenvalue weighted by molar-refractivity contribution is 6.01. The van der Waals surface area contributed by atoms with Crippen molar-refractivity contribution in [1.82, 2.24) is 4.90 Å². The maximum absolute atomic E-state index is 12.7. The second-order valence-corrected chi connectivity index (χ2v) is 9.85. The van der Waals surface area contributed by atoms with E-state index >= 15 is 0 Å². The van der Waals surface area contributed by atoms with Crippen LogP contribution in [0.4, 0.5) is 10.5 Å². The van der Waals surface area contributed by atoms with Crippen LogP contribution in [0.3, 0.4) is 0 Å². The number of nitrogens with zero attached hydrogens (tertiary/aromatic N) is 3. The maximum atomic E-state index is 12.7. The van der Waals surface area contributed by atoms with Gasteiger partial charge in [-0.25, -0.2) is 4.79 Å². The summed E-state index contributed by atoms with van der Waals surface area (Å²) in [6, 6.07) is 4.00. The molecule has 0 spiro atoms. The molecule has 1 aromatic rings. The van der Waals surface area contributed by atoms with E-state index in [9.17, 15) is 30.1 Å². The van der Waals surface area contributed by atoms with Crippen LogP contribution in [-0.2, 0) is 9.53 Å². The Morgan fingerprint density at radius 2 is 1.77 bits per heavy atom. The summed E-state index contributed by atoms with van der Waals surface area (Å²) >= 11 is 0. The minimum atomic E-state index is -1.03. The molecule has 1 aromatic carbocycles. The average Bonchev–Trinajstić information content (AvgIpc) is 2.78. The monoisotopic (exact) mass is 483 g/mol. The van der Waals surface area contributed by atoms with Gasteiger partial charge in [-0.05, 0) is 87.8 Å². The third-order valence-corrected chi connectivity index (χ3v) is 7.46. The smallest absolute Gasteiger partial charge is 0.499 e. The Kier molecular flexibility index (Phi) is 6.70. The van der Waals surface area contributed by atoms with Crippen LogP contribution in [0.5, 0.6) is 11.5 Å². The van der Waals surface area contributed by atoms with Crippen LogP contribution in [0.15, 0.2) is 17.7 Å². The molecule has 186 valence electrons. The largest absolute Gasteiger partial charge is 0.514 e. The summed E-state index contributed by atoms with van der Waals surface area (Å²) in [5.41, 5.74) is -1.49. The van der Waals surface area contributed by atoms with Crippen molar-refractivity contribution in [3.05, 3.63) is 33.4 Å². The first-order valence-electron chi connectivity index (χ1n) is 12.0. The van der Waals surface area contributed by atoms with Crippen LogP contribution in [0, 0.1) is 39.2 Å². The highest BCUT2D eigenvalue weighted by Gasteiger charge is 2.53. The number of hydrogen-bond acceptors (Lipinski definition) is 8. The minimum Gasteiger partial charge on any atom is -0.499 e. The van der Waals surface area contributed by atoms with E-state index in [1.165, 1.54) is 17.0 Å². The van der Waals surface area contributed by atoms with Crippen molar-refractivity contribution in [3.63, 3.8) is 0 Å². The van der Waals surface area contributed by atoms with E-state index in [1.54, 1.807) is 13.8 Å². The minimum absolute atomic E-state index is 0.0594. The number of carbonyl (C=O) groups is 2. The van der Waals surface area contributed by atoms with E-state index in [2.05, 4.69) is 0 Å². The summed E-state index contributed by atoms with van der Waals surface area (Å²) in [7, 11) is 0. The van der Waals surface area contributed by atoms with Crippen LogP contribution in [0.25, 0.3) is 6.08 Å². The maximum Gasteiger partial charge on any atom is 0.514 e. The summed E-state index contributed by atoms with van der Waals surface area (Å²) in [6.07, 6.45) is 5.96. The number of nitro benzene ring substituents is 1. The number of nitriles is 1. The zero-order valence-electron chi connectivity index (χ0n) is 19.9. The first-order valence-corrected chi connectivity index (χ1v) is 12.0. The van der Waals surface area contributed by atoms with Crippen LogP contribution in [0.2, 0.25) is 0 Å². The molecule has 4 aliphatic carbocycles. The number of amides is 1. The molecule has 10 heteroatoms. The van der Waals surface area contributed by atoms with Crippen LogP contribution in [-0.4, -0.2) is 45.7 Å². The lowest BCUT2D eigenvalue weighted by atomic mass is 9.54. The SMILES string of the molecule is CCN(CC)C(=O)/C(C#N)=C/c1cc(OC(=O)OC23CC4CC(CC(C4)C2)C3)c(O)c([N+](=O)[O-])c1. The fourth-order valence-electron chi connectivity index (χ4n) is 6.35. The molecule has 0 aliphatic heterocycles. The zero-order chi connectivity index (χ0) is 25.3. The standard InChI is InChI=1S/C25H29N3O7/c1-3-27(4-2)23(30)19(14-26)8-15-9-20(28(32)33)22(29)21(10-15)34-24(31)35-25-11-16-5-17(12-25)7-18(6-16)13-25/h8-10,16-18,29H,3-7,11-13H2,1-2H3/b19-8+. The first kappa shape index (κ1) is 24.5. The number of rotatable bonds is 7.